The average Bonchev–Trinajstić information content (AvgIpc) is 3.48. The van der Waals surface area contributed by atoms with E-state index in [9.17, 15) is 4.79 Å². The van der Waals surface area contributed by atoms with Crippen LogP contribution in [0.15, 0.2) is 70.7 Å². The first-order chi connectivity index (χ1) is 18.0. The Labute approximate surface area is 222 Å². The number of benzene rings is 2. The number of amidine groups is 1. The van der Waals surface area contributed by atoms with Crippen molar-refractivity contribution < 1.29 is 14.3 Å². The Bertz CT molecular complexity index is 1290. The van der Waals surface area contributed by atoms with Crippen molar-refractivity contribution in [3.05, 3.63) is 71.3 Å². The average molecular weight is 517 g/mol. The molecule has 2 atom stereocenters. The third kappa shape index (κ3) is 5.97. The number of unbranched alkanes of at least 4 members (excludes halogenated alkanes) is 1. The quantitative estimate of drug-likeness (QED) is 0.292. The molecule has 192 valence electrons. The summed E-state index contributed by atoms with van der Waals surface area (Å²) in [5, 5.41) is 5.64. The Balaban J connectivity index is 1.44. The summed E-state index contributed by atoms with van der Waals surface area (Å²) in [5.74, 6) is 0.623. The molecule has 8 heteroatoms. The lowest BCUT2D eigenvalue weighted by atomic mass is 10.1. The number of aromatic nitrogens is 2. The highest BCUT2D eigenvalue weighted by Gasteiger charge is 2.31. The first-order valence-electron chi connectivity index (χ1n) is 12.8. The second-order valence-corrected chi connectivity index (χ2v) is 10.4. The van der Waals surface area contributed by atoms with E-state index in [0.717, 1.165) is 59.4 Å². The number of nitrogens with zero attached hydrogens (tertiary/aromatic N) is 4. The van der Waals surface area contributed by atoms with Crippen molar-refractivity contribution in [2.24, 2.45) is 4.99 Å². The fraction of sp³-hybridized carbons (Fsp3) is 0.345. The van der Waals surface area contributed by atoms with Gasteiger partial charge >= 0.3 is 0 Å². The van der Waals surface area contributed by atoms with Gasteiger partial charge in [0.05, 0.1) is 35.1 Å². The molecule has 3 aromatic rings. The third-order valence-electron chi connectivity index (χ3n) is 6.24. The zero-order valence-corrected chi connectivity index (χ0v) is 22.3. The second-order valence-electron chi connectivity index (χ2n) is 9.41. The molecule has 1 saturated heterocycles. The van der Waals surface area contributed by atoms with Crippen LogP contribution in [0.25, 0.3) is 23.0 Å². The van der Waals surface area contributed by atoms with Crippen molar-refractivity contribution in [2.75, 3.05) is 19.7 Å². The van der Waals surface area contributed by atoms with Crippen molar-refractivity contribution in [3.8, 4) is 22.7 Å². The predicted octanol–water partition coefficient (Wildman–Crippen LogP) is 5.80. The molecule has 2 aliphatic rings. The van der Waals surface area contributed by atoms with Crippen molar-refractivity contribution in [2.45, 2.75) is 45.8 Å². The highest BCUT2D eigenvalue weighted by molar-refractivity contribution is 8.18. The molecular formula is C29H32N4O3S. The van der Waals surface area contributed by atoms with Gasteiger partial charge in [-0.25, -0.2) is 4.68 Å². The van der Waals surface area contributed by atoms with E-state index in [1.165, 1.54) is 11.8 Å². The largest absolute Gasteiger partial charge is 0.494 e. The number of carbonyl (C=O) groups is 1. The number of aliphatic imine (C=N–C) groups is 1. The molecule has 0 aliphatic carbocycles. The Morgan fingerprint density at radius 3 is 2.51 bits per heavy atom. The molecule has 0 spiro atoms. The van der Waals surface area contributed by atoms with Gasteiger partial charge in [-0.3, -0.25) is 4.79 Å². The molecule has 1 aromatic heterocycles. The van der Waals surface area contributed by atoms with Crippen molar-refractivity contribution in [1.29, 1.82) is 0 Å². The maximum absolute atomic E-state index is 12.9. The molecule has 2 aliphatic heterocycles. The van der Waals surface area contributed by atoms with Crippen LogP contribution in [-0.2, 0) is 9.53 Å². The molecule has 2 aromatic carbocycles. The zero-order chi connectivity index (χ0) is 25.8. The van der Waals surface area contributed by atoms with Crippen LogP contribution < -0.4 is 4.74 Å². The Morgan fingerprint density at radius 2 is 1.81 bits per heavy atom. The SMILES string of the molecule is CCCCOc1ccc(-c2nn(-c3ccccc3)cc2/C=C2/SC(N3C[C@@H](C)O[C@@H](C)C3)=NC2=O)cc1. The monoisotopic (exact) mass is 516 g/mol. The molecule has 1 amide bonds. The number of amides is 1. The van der Waals surface area contributed by atoms with Crippen molar-refractivity contribution >= 4 is 28.9 Å². The molecule has 37 heavy (non-hydrogen) atoms. The van der Waals surface area contributed by atoms with E-state index >= 15 is 0 Å². The summed E-state index contributed by atoms with van der Waals surface area (Å²) in [7, 11) is 0. The van der Waals surface area contributed by atoms with Crippen LogP contribution in [-0.4, -0.2) is 57.7 Å². The molecule has 0 radical (unpaired) electrons. The van der Waals surface area contributed by atoms with E-state index in [-0.39, 0.29) is 18.1 Å². The number of hydrogen-bond acceptors (Lipinski definition) is 6. The standard InChI is InChI=1S/C29H32N4O3S/c1-4-5-15-35-25-13-11-22(12-14-25)27-23(19-33(31-27)24-9-7-6-8-10-24)16-26-28(34)30-29(37-26)32-17-20(2)36-21(3)18-32/h6-14,16,19-21H,4-5,15,17-18H2,1-3H3/b26-16+/t20-,21+. The molecule has 0 unspecified atom stereocenters. The topological polar surface area (TPSA) is 68.9 Å². The normalized spacial score (nSPS) is 20.9. The minimum absolute atomic E-state index is 0.0970. The van der Waals surface area contributed by atoms with Gasteiger partial charge < -0.3 is 14.4 Å². The van der Waals surface area contributed by atoms with E-state index < -0.39 is 0 Å². The summed E-state index contributed by atoms with van der Waals surface area (Å²) in [5.41, 5.74) is 3.56. The van der Waals surface area contributed by atoms with E-state index in [2.05, 4.69) is 16.8 Å². The van der Waals surface area contributed by atoms with E-state index in [0.29, 0.717) is 11.5 Å². The first kappa shape index (κ1) is 25.3. The Kier molecular flexibility index (Phi) is 7.76. The summed E-state index contributed by atoms with van der Waals surface area (Å²) >= 11 is 1.42. The smallest absolute Gasteiger partial charge is 0.286 e. The molecule has 1 fully saturated rings. The first-order valence-corrected chi connectivity index (χ1v) is 13.6. The van der Waals surface area contributed by atoms with Crippen LogP contribution in [0.4, 0.5) is 0 Å². The van der Waals surface area contributed by atoms with Gasteiger partial charge in [-0.15, -0.1) is 0 Å². The lowest BCUT2D eigenvalue weighted by molar-refractivity contribution is -0.113. The van der Waals surface area contributed by atoms with E-state index in [4.69, 9.17) is 14.6 Å². The number of ether oxygens (including phenoxy) is 2. The van der Waals surface area contributed by atoms with Crippen LogP contribution in [0.3, 0.4) is 0 Å². The minimum Gasteiger partial charge on any atom is -0.494 e. The fourth-order valence-electron chi connectivity index (χ4n) is 4.48. The highest BCUT2D eigenvalue weighted by Crippen LogP contribution is 2.34. The maximum atomic E-state index is 12.9. The van der Waals surface area contributed by atoms with E-state index in [1.807, 2.05) is 85.4 Å². The van der Waals surface area contributed by atoms with Crippen LogP contribution in [0.5, 0.6) is 5.75 Å². The van der Waals surface area contributed by atoms with Gasteiger partial charge in [0.15, 0.2) is 5.17 Å². The van der Waals surface area contributed by atoms with Crippen molar-refractivity contribution in [1.82, 2.24) is 14.7 Å². The fourth-order valence-corrected chi connectivity index (χ4v) is 5.40. The lowest BCUT2D eigenvalue weighted by Gasteiger charge is -2.35. The molecule has 7 nitrogen and oxygen atoms in total. The molecule has 3 heterocycles. The van der Waals surface area contributed by atoms with Gasteiger partial charge in [-0.2, -0.15) is 10.1 Å². The zero-order valence-electron chi connectivity index (χ0n) is 21.5. The summed E-state index contributed by atoms with van der Waals surface area (Å²) in [6, 6.07) is 17.9. The maximum Gasteiger partial charge on any atom is 0.286 e. The third-order valence-corrected chi connectivity index (χ3v) is 7.29. The van der Waals surface area contributed by atoms with Crippen LogP contribution in [0.1, 0.15) is 39.2 Å². The number of carbonyl (C=O) groups excluding carboxylic acids is 1. The van der Waals surface area contributed by atoms with Gasteiger partial charge in [-0.05, 0) is 74.5 Å². The van der Waals surface area contributed by atoms with Gasteiger partial charge in [0, 0.05) is 30.4 Å². The summed E-state index contributed by atoms with van der Waals surface area (Å²) in [6.45, 7) is 8.39. The van der Waals surface area contributed by atoms with E-state index in [1.54, 1.807) is 0 Å². The van der Waals surface area contributed by atoms with Gasteiger partial charge in [0.2, 0.25) is 0 Å². The minimum atomic E-state index is -0.218. The van der Waals surface area contributed by atoms with Gasteiger partial charge in [0.25, 0.3) is 5.91 Å². The number of hydrogen-bond donors (Lipinski definition) is 0. The van der Waals surface area contributed by atoms with Crippen LogP contribution in [0.2, 0.25) is 0 Å². The molecule has 0 bridgehead atoms. The Hall–Kier alpha value is -3.36. The molecular weight excluding hydrogens is 484 g/mol. The van der Waals surface area contributed by atoms with Crippen LogP contribution >= 0.6 is 11.8 Å². The van der Waals surface area contributed by atoms with Crippen molar-refractivity contribution in [3.63, 3.8) is 0 Å². The number of rotatable bonds is 7. The van der Waals surface area contributed by atoms with Gasteiger partial charge in [-0.1, -0.05) is 31.5 Å². The van der Waals surface area contributed by atoms with Crippen LogP contribution in [0, 0.1) is 0 Å². The Morgan fingerprint density at radius 1 is 1.08 bits per heavy atom. The second kappa shape index (κ2) is 11.4. The highest BCUT2D eigenvalue weighted by atomic mass is 32.2. The predicted molar refractivity (Wildman–Crippen MR) is 149 cm³/mol. The van der Waals surface area contributed by atoms with Gasteiger partial charge in [0.1, 0.15) is 5.75 Å². The summed E-state index contributed by atoms with van der Waals surface area (Å²) in [4.78, 5) is 20.0. The number of morpholine rings is 1. The number of para-hydroxylation sites is 1. The summed E-state index contributed by atoms with van der Waals surface area (Å²) < 4.78 is 13.5. The summed E-state index contributed by atoms with van der Waals surface area (Å²) in [6.07, 6.45) is 6.19. The molecule has 5 rings (SSSR count). The lowest BCUT2D eigenvalue weighted by Crippen LogP contribution is -2.47. The molecule has 0 N–H and O–H groups in total. The molecule has 0 saturated carbocycles. The number of thioether (sulfide) groups is 1.